The second-order valence-corrected chi connectivity index (χ2v) is 8.61. The molecule has 20 heavy (non-hydrogen) atoms. The molecule has 0 bridgehead atoms. The Kier molecular flexibility index (Phi) is 8.40. The van der Waals surface area contributed by atoms with Gasteiger partial charge in [0.2, 0.25) is 0 Å². The minimum absolute atomic E-state index is 0.360. The number of nitrogens with zero attached hydrogens (tertiary/aromatic N) is 1. The second kappa shape index (κ2) is 8.41. The first-order chi connectivity index (χ1) is 9.01. The van der Waals surface area contributed by atoms with Crippen molar-refractivity contribution in [2.45, 2.75) is 106 Å². The second-order valence-electron chi connectivity index (χ2n) is 8.61. The van der Waals surface area contributed by atoms with Gasteiger partial charge in [-0.2, -0.15) is 0 Å². The third-order valence-corrected chi connectivity index (χ3v) is 4.03. The highest BCUT2D eigenvalue weighted by atomic mass is 15.2. The van der Waals surface area contributed by atoms with Crippen molar-refractivity contribution in [2.75, 3.05) is 0 Å². The van der Waals surface area contributed by atoms with Gasteiger partial charge in [-0.15, -0.1) is 0 Å². The molecular weight excluding hydrogens is 242 g/mol. The first kappa shape index (κ1) is 20.0. The van der Waals surface area contributed by atoms with Crippen LogP contribution >= 0.6 is 0 Å². The fraction of sp³-hybridized carbons (Fsp3) is 1.00. The lowest BCUT2D eigenvalue weighted by atomic mass is 9.74. The van der Waals surface area contributed by atoms with E-state index in [0.717, 1.165) is 17.8 Å². The molecule has 0 aromatic rings. The van der Waals surface area contributed by atoms with E-state index >= 15 is 0 Å². The van der Waals surface area contributed by atoms with E-state index in [0.29, 0.717) is 17.6 Å². The maximum absolute atomic E-state index is 2.81. The van der Waals surface area contributed by atoms with Crippen LogP contribution in [0.5, 0.6) is 0 Å². The topological polar surface area (TPSA) is 3.24 Å². The van der Waals surface area contributed by atoms with Crippen molar-refractivity contribution in [1.29, 1.82) is 0 Å². The van der Waals surface area contributed by atoms with Gasteiger partial charge in [0.05, 0.1) is 0 Å². The van der Waals surface area contributed by atoms with E-state index in [4.69, 9.17) is 0 Å². The molecule has 1 heteroatoms. The van der Waals surface area contributed by atoms with Gasteiger partial charge >= 0.3 is 0 Å². The summed E-state index contributed by atoms with van der Waals surface area (Å²) in [6.45, 7) is 23.8. The van der Waals surface area contributed by atoms with E-state index in [2.05, 4.69) is 74.1 Å². The Morgan fingerprint density at radius 1 is 0.550 bits per heavy atom. The quantitative estimate of drug-likeness (QED) is 0.503. The van der Waals surface area contributed by atoms with Crippen LogP contribution in [0.1, 0.15) is 88.5 Å². The predicted molar refractivity (Wildman–Crippen MR) is 93.2 cm³/mol. The van der Waals surface area contributed by atoms with Crippen molar-refractivity contribution in [1.82, 2.24) is 4.90 Å². The fourth-order valence-electron chi connectivity index (χ4n) is 4.54. The molecule has 0 fully saturated rings. The van der Waals surface area contributed by atoms with Crippen molar-refractivity contribution in [3.63, 3.8) is 0 Å². The van der Waals surface area contributed by atoms with Crippen LogP contribution < -0.4 is 0 Å². The van der Waals surface area contributed by atoms with Crippen molar-refractivity contribution >= 4 is 0 Å². The molecule has 0 spiro atoms. The maximum Gasteiger partial charge on any atom is 0.0222 e. The predicted octanol–water partition coefficient (Wildman–Crippen LogP) is 5.98. The summed E-state index contributed by atoms with van der Waals surface area (Å²) >= 11 is 0. The van der Waals surface area contributed by atoms with Gasteiger partial charge in [0.1, 0.15) is 0 Å². The molecule has 0 aromatic carbocycles. The van der Waals surface area contributed by atoms with Crippen molar-refractivity contribution in [3.8, 4) is 0 Å². The zero-order chi connectivity index (χ0) is 16.1. The first-order valence-electron chi connectivity index (χ1n) is 8.80. The molecule has 0 heterocycles. The van der Waals surface area contributed by atoms with Crippen LogP contribution in [0.2, 0.25) is 0 Å². The van der Waals surface area contributed by atoms with Crippen LogP contribution in [0, 0.1) is 17.8 Å². The Bertz CT molecular complexity index is 216. The Labute approximate surface area is 129 Å². The Balaban J connectivity index is 5.64. The molecule has 0 N–H and O–H groups in total. The van der Waals surface area contributed by atoms with Gasteiger partial charge in [0.15, 0.2) is 0 Å². The Hall–Kier alpha value is -0.0400. The van der Waals surface area contributed by atoms with Crippen LogP contribution in [-0.4, -0.2) is 22.5 Å². The molecule has 0 amide bonds. The summed E-state index contributed by atoms with van der Waals surface area (Å²) < 4.78 is 0. The van der Waals surface area contributed by atoms with Crippen LogP contribution in [0.4, 0.5) is 0 Å². The van der Waals surface area contributed by atoms with Gasteiger partial charge in [-0.3, -0.25) is 4.90 Å². The van der Waals surface area contributed by atoms with Crippen LogP contribution in [0.15, 0.2) is 0 Å². The molecule has 0 rings (SSSR count). The molecular formula is C19H41N. The lowest BCUT2D eigenvalue weighted by Crippen LogP contribution is -2.57. The SMILES string of the molecule is CC(C)CC(CC(C)C)(CC(C)C)N(C(C)C)C(C)C. The first-order valence-corrected chi connectivity index (χ1v) is 8.80. The summed E-state index contributed by atoms with van der Waals surface area (Å²) in [5.74, 6) is 2.27. The average molecular weight is 284 g/mol. The fourth-order valence-corrected chi connectivity index (χ4v) is 4.54. The number of hydrogen-bond acceptors (Lipinski definition) is 1. The van der Waals surface area contributed by atoms with Crippen LogP contribution in [0.25, 0.3) is 0 Å². The van der Waals surface area contributed by atoms with Gasteiger partial charge in [-0.05, 0) is 64.7 Å². The summed E-state index contributed by atoms with van der Waals surface area (Å²) in [6, 6.07) is 1.23. The highest BCUT2D eigenvalue weighted by Gasteiger charge is 2.40. The van der Waals surface area contributed by atoms with E-state index in [1.165, 1.54) is 19.3 Å². The van der Waals surface area contributed by atoms with Crippen molar-refractivity contribution < 1.29 is 0 Å². The van der Waals surface area contributed by atoms with E-state index in [-0.39, 0.29) is 0 Å². The summed E-state index contributed by atoms with van der Waals surface area (Å²) in [4.78, 5) is 2.81. The molecule has 0 aliphatic heterocycles. The molecule has 122 valence electrons. The standard InChI is InChI=1S/C19H41N/c1-14(2)11-19(12-15(3)4,13-16(5)6)20(17(7)8)18(9)10/h14-18H,11-13H2,1-10H3. The van der Waals surface area contributed by atoms with Gasteiger partial charge in [-0.25, -0.2) is 0 Å². The monoisotopic (exact) mass is 283 g/mol. The normalized spacial score (nSPS) is 13.8. The van der Waals surface area contributed by atoms with Crippen molar-refractivity contribution in [2.24, 2.45) is 17.8 Å². The Morgan fingerprint density at radius 3 is 0.950 bits per heavy atom. The zero-order valence-corrected chi connectivity index (χ0v) is 16.0. The van der Waals surface area contributed by atoms with Gasteiger partial charge < -0.3 is 0 Å². The highest BCUT2D eigenvalue weighted by molar-refractivity contribution is 4.96. The molecule has 0 radical (unpaired) electrons. The summed E-state index contributed by atoms with van der Waals surface area (Å²) in [5, 5.41) is 0. The molecule has 0 aliphatic carbocycles. The van der Waals surface area contributed by atoms with Crippen LogP contribution in [-0.2, 0) is 0 Å². The third kappa shape index (κ3) is 6.16. The molecule has 0 atom stereocenters. The summed E-state index contributed by atoms with van der Waals surface area (Å²) in [6.07, 6.45) is 3.96. The largest absolute Gasteiger partial charge is 0.293 e. The Morgan fingerprint density at radius 2 is 0.800 bits per heavy atom. The van der Waals surface area contributed by atoms with Gasteiger partial charge in [0.25, 0.3) is 0 Å². The van der Waals surface area contributed by atoms with Gasteiger partial charge in [0, 0.05) is 17.6 Å². The lowest BCUT2D eigenvalue weighted by molar-refractivity contribution is -0.0192. The van der Waals surface area contributed by atoms with Gasteiger partial charge in [-0.1, -0.05) is 41.5 Å². The van der Waals surface area contributed by atoms with E-state index in [1.54, 1.807) is 0 Å². The summed E-state index contributed by atoms with van der Waals surface area (Å²) in [5.41, 5.74) is 0.360. The minimum atomic E-state index is 0.360. The molecule has 0 aromatic heterocycles. The third-order valence-electron chi connectivity index (χ3n) is 4.03. The lowest BCUT2D eigenvalue weighted by Gasteiger charge is -2.52. The maximum atomic E-state index is 2.81. The van der Waals surface area contributed by atoms with E-state index in [9.17, 15) is 0 Å². The average Bonchev–Trinajstić information content (AvgIpc) is 2.10. The summed E-state index contributed by atoms with van der Waals surface area (Å²) in [7, 11) is 0. The van der Waals surface area contributed by atoms with Crippen LogP contribution in [0.3, 0.4) is 0 Å². The minimum Gasteiger partial charge on any atom is -0.293 e. The van der Waals surface area contributed by atoms with E-state index < -0.39 is 0 Å². The molecule has 0 unspecified atom stereocenters. The highest BCUT2D eigenvalue weighted by Crippen LogP contribution is 2.39. The van der Waals surface area contributed by atoms with E-state index in [1.807, 2.05) is 0 Å². The number of hydrogen-bond donors (Lipinski definition) is 0. The molecule has 0 saturated heterocycles. The molecule has 1 nitrogen and oxygen atoms in total. The molecule has 0 aliphatic rings. The smallest absolute Gasteiger partial charge is 0.0222 e. The number of rotatable bonds is 9. The zero-order valence-electron chi connectivity index (χ0n) is 16.0. The molecule has 0 saturated carbocycles. The van der Waals surface area contributed by atoms with Crippen molar-refractivity contribution in [3.05, 3.63) is 0 Å².